The van der Waals surface area contributed by atoms with E-state index >= 15 is 0 Å². The van der Waals surface area contributed by atoms with E-state index in [9.17, 15) is 9.90 Å². The normalized spacial score (nSPS) is 23.7. The van der Waals surface area contributed by atoms with Crippen LogP contribution in [0.4, 0.5) is 5.69 Å². The van der Waals surface area contributed by atoms with Gasteiger partial charge in [0.05, 0.1) is 6.10 Å². The van der Waals surface area contributed by atoms with Crippen LogP contribution in [-0.2, 0) is 0 Å². The van der Waals surface area contributed by atoms with Gasteiger partial charge in [-0.3, -0.25) is 4.79 Å². The van der Waals surface area contributed by atoms with Crippen LogP contribution in [0.2, 0.25) is 0 Å². The van der Waals surface area contributed by atoms with Crippen molar-refractivity contribution in [2.24, 2.45) is 0 Å². The molecule has 2 rings (SSSR count). The highest BCUT2D eigenvalue weighted by molar-refractivity contribution is 5.95. The van der Waals surface area contributed by atoms with Crippen LogP contribution in [0.5, 0.6) is 0 Å². The molecule has 0 atom stereocenters. The summed E-state index contributed by atoms with van der Waals surface area (Å²) in [5, 5.41) is 12.4. The lowest BCUT2D eigenvalue weighted by atomic mass is 9.93. The molecule has 0 unspecified atom stereocenters. The van der Waals surface area contributed by atoms with Crippen LogP contribution in [0, 0.1) is 6.92 Å². The lowest BCUT2D eigenvalue weighted by Gasteiger charge is -2.26. The van der Waals surface area contributed by atoms with E-state index in [4.69, 9.17) is 5.73 Å². The molecule has 0 radical (unpaired) electrons. The quantitative estimate of drug-likeness (QED) is 0.696. The Hall–Kier alpha value is -1.55. The van der Waals surface area contributed by atoms with Gasteiger partial charge in [0, 0.05) is 17.3 Å². The molecule has 0 saturated heterocycles. The fourth-order valence-corrected chi connectivity index (χ4v) is 2.27. The number of nitrogens with two attached hydrogens (primary N) is 1. The van der Waals surface area contributed by atoms with E-state index in [1.807, 2.05) is 13.0 Å². The molecule has 1 aliphatic rings. The first-order valence-corrected chi connectivity index (χ1v) is 6.41. The fourth-order valence-electron chi connectivity index (χ4n) is 2.27. The lowest BCUT2D eigenvalue weighted by molar-refractivity contribution is 0.0867. The Bertz CT molecular complexity index is 437. The van der Waals surface area contributed by atoms with E-state index in [0.29, 0.717) is 11.3 Å². The SMILES string of the molecule is Cc1ccc(C(=O)NC2CCC(O)CC2)cc1N. The molecule has 4 heteroatoms. The summed E-state index contributed by atoms with van der Waals surface area (Å²) >= 11 is 0. The van der Waals surface area contributed by atoms with E-state index < -0.39 is 0 Å². The zero-order valence-corrected chi connectivity index (χ0v) is 10.6. The van der Waals surface area contributed by atoms with Gasteiger partial charge in [0.15, 0.2) is 0 Å². The molecule has 1 aliphatic carbocycles. The fraction of sp³-hybridized carbons (Fsp3) is 0.500. The Kier molecular flexibility index (Phi) is 3.87. The van der Waals surface area contributed by atoms with E-state index in [1.54, 1.807) is 12.1 Å². The Balaban J connectivity index is 1.97. The lowest BCUT2D eigenvalue weighted by Crippen LogP contribution is -2.38. The second-order valence-electron chi connectivity index (χ2n) is 5.05. The van der Waals surface area contributed by atoms with Crippen molar-refractivity contribution in [3.63, 3.8) is 0 Å². The van der Waals surface area contributed by atoms with Crippen LogP contribution < -0.4 is 11.1 Å². The van der Waals surface area contributed by atoms with Gasteiger partial charge in [0.25, 0.3) is 5.91 Å². The van der Waals surface area contributed by atoms with E-state index in [-0.39, 0.29) is 18.1 Å². The molecule has 4 N–H and O–H groups in total. The van der Waals surface area contributed by atoms with Crippen LogP contribution in [0.25, 0.3) is 0 Å². The summed E-state index contributed by atoms with van der Waals surface area (Å²) < 4.78 is 0. The zero-order valence-electron chi connectivity index (χ0n) is 10.6. The minimum atomic E-state index is -0.201. The van der Waals surface area contributed by atoms with Crippen LogP contribution >= 0.6 is 0 Å². The van der Waals surface area contributed by atoms with Crippen LogP contribution in [0.15, 0.2) is 18.2 Å². The van der Waals surface area contributed by atoms with Crippen molar-refractivity contribution in [2.75, 3.05) is 5.73 Å². The first-order valence-electron chi connectivity index (χ1n) is 6.41. The van der Waals surface area contributed by atoms with Crippen LogP contribution in [0.1, 0.15) is 41.6 Å². The molecule has 0 heterocycles. The second-order valence-corrected chi connectivity index (χ2v) is 5.05. The maximum atomic E-state index is 12.0. The molecule has 1 amide bonds. The van der Waals surface area contributed by atoms with Gasteiger partial charge in [-0.1, -0.05) is 6.07 Å². The molecule has 0 aliphatic heterocycles. The number of nitrogen functional groups attached to an aromatic ring is 1. The largest absolute Gasteiger partial charge is 0.398 e. The van der Waals surface area contributed by atoms with E-state index in [2.05, 4.69) is 5.32 Å². The molecule has 1 fully saturated rings. The third-order valence-electron chi connectivity index (χ3n) is 3.57. The number of benzene rings is 1. The number of hydrogen-bond acceptors (Lipinski definition) is 3. The summed E-state index contributed by atoms with van der Waals surface area (Å²) in [7, 11) is 0. The predicted molar refractivity (Wildman–Crippen MR) is 71.3 cm³/mol. The molecular formula is C14H20N2O2. The summed E-state index contributed by atoms with van der Waals surface area (Å²) in [5.74, 6) is -0.0805. The number of nitrogens with one attached hydrogen (secondary N) is 1. The molecule has 0 aromatic heterocycles. The first-order chi connectivity index (χ1) is 8.56. The number of amides is 1. The number of aliphatic hydroxyl groups is 1. The minimum Gasteiger partial charge on any atom is -0.398 e. The Labute approximate surface area is 107 Å². The van der Waals surface area contributed by atoms with Crippen molar-refractivity contribution in [2.45, 2.75) is 44.8 Å². The number of aryl methyl sites for hydroxylation is 1. The Morgan fingerprint density at radius 2 is 2.00 bits per heavy atom. The molecular weight excluding hydrogens is 228 g/mol. The van der Waals surface area contributed by atoms with E-state index in [0.717, 1.165) is 31.2 Å². The van der Waals surface area contributed by atoms with Gasteiger partial charge in [0.2, 0.25) is 0 Å². The summed E-state index contributed by atoms with van der Waals surface area (Å²) in [6.07, 6.45) is 3.01. The molecule has 98 valence electrons. The summed E-state index contributed by atoms with van der Waals surface area (Å²) in [6, 6.07) is 5.53. The van der Waals surface area contributed by atoms with Gasteiger partial charge < -0.3 is 16.2 Å². The topological polar surface area (TPSA) is 75.3 Å². The average molecular weight is 248 g/mol. The third kappa shape index (κ3) is 3.01. The number of anilines is 1. The number of hydrogen-bond donors (Lipinski definition) is 3. The van der Waals surface area contributed by atoms with Gasteiger partial charge in [-0.2, -0.15) is 0 Å². The smallest absolute Gasteiger partial charge is 0.251 e. The highest BCUT2D eigenvalue weighted by atomic mass is 16.3. The number of rotatable bonds is 2. The zero-order chi connectivity index (χ0) is 13.1. The minimum absolute atomic E-state index is 0.0805. The molecule has 1 aromatic rings. The first kappa shape index (κ1) is 12.9. The van der Waals surface area contributed by atoms with Crippen molar-refractivity contribution in [1.82, 2.24) is 5.32 Å². The Morgan fingerprint density at radius 1 is 1.33 bits per heavy atom. The van der Waals surface area contributed by atoms with E-state index in [1.165, 1.54) is 0 Å². The number of carbonyl (C=O) groups is 1. The highest BCUT2D eigenvalue weighted by Gasteiger charge is 2.21. The monoisotopic (exact) mass is 248 g/mol. The summed E-state index contributed by atoms with van der Waals surface area (Å²) in [6.45, 7) is 1.92. The van der Waals surface area contributed by atoms with Gasteiger partial charge >= 0.3 is 0 Å². The maximum Gasteiger partial charge on any atom is 0.251 e. The highest BCUT2D eigenvalue weighted by Crippen LogP contribution is 2.19. The van der Waals surface area contributed by atoms with Crippen molar-refractivity contribution >= 4 is 11.6 Å². The third-order valence-corrected chi connectivity index (χ3v) is 3.57. The van der Waals surface area contributed by atoms with Gasteiger partial charge in [-0.25, -0.2) is 0 Å². The number of aliphatic hydroxyl groups excluding tert-OH is 1. The molecule has 18 heavy (non-hydrogen) atoms. The molecule has 0 spiro atoms. The molecule has 1 aromatic carbocycles. The Morgan fingerprint density at radius 3 is 2.61 bits per heavy atom. The van der Waals surface area contributed by atoms with Gasteiger partial charge in [0.1, 0.15) is 0 Å². The van der Waals surface area contributed by atoms with Crippen LogP contribution in [-0.4, -0.2) is 23.2 Å². The van der Waals surface area contributed by atoms with Crippen molar-refractivity contribution in [3.05, 3.63) is 29.3 Å². The molecule has 1 saturated carbocycles. The second kappa shape index (κ2) is 5.40. The predicted octanol–water partition coefficient (Wildman–Crippen LogP) is 1.61. The molecule has 4 nitrogen and oxygen atoms in total. The number of carbonyl (C=O) groups excluding carboxylic acids is 1. The molecule has 0 bridgehead atoms. The summed E-state index contributed by atoms with van der Waals surface area (Å²) in [4.78, 5) is 12.0. The van der Waals surface area contributed by atoms with Gasteiger partial charge in [-0.15, -0.1) is 0 Å². The van der Waals surface area contributed by atoms with Crippen molar-refractivity contribution < 1.29 is 9.90 Å². The van der Waals surface area contributed by atoms with Crippen molar-refractivity contribution in [3.8, 4) is 0 Å². The standard InChI is InChI=1S/C14H20N2O2/c1-9-2-3-10(8-13(9)15)14(18)16-11-4-6-12(17)7-5-11/h2-3,8,11-12,17H,4-7,15H2,1H3,(H,16,18). The average Bonchev–Trinajstić information content (AvgIpc) is 2.35. The summed E-state index contributed by atoms with van der Waals surface area (Å²) in [5.41, 5.74) is 8.02. The van der Waals surface area contributed by atoms with Crippen molar-refractivity contribution in [1.29, 1.82) is 0 Å². The van der Waals surface area contributed by atoms with Gasteiger partial charge in [-0.05, 0) is 50.3 Å². The van der Waals surface area contributed by atoms with Crippen LogP contribution in [0.3, 0.4) is 0 Å². The maximum absolute atomic E-state index is 12.0.